The highest BCUT2D eigenvalue weighted by atomic mass is 16.2. The summed E-state index contributed by atoms with van der Waals surface area (Å²) in [7, 11) is 1.92. The third-order valence-corrected chi connectivity index (χ3v) is 5.22. The molecule has 0 bridgehead atoms. The van der Waals surface area contributed by atoms with Crippen molar-refractivity contribution in [1.82, 2.24) is 14.8 Å². The zero-order chi connectivity index (χ0) is 17.8. The third-order valence-electron chi connectivity index (χ3n) is 5.22. The van der Waals surface area contributed by atoms with E-state index < -0.39 is 11.7 Å². The molecule has 1 amide bonds. The van der Waals surface area contributed by atoms with Crippen LogP contribution in [-0.2, 0) is 11.8 Å². The summed E-state index contributed by atoms with van der Waals surface area (Å²) in [5.74, 6) is -0.939. The fourth-order valence-electron chi connectivity index (χ4n) is 3.69. The van der Waals surface area contributed by atoms with Crippen LogP contribution in [0.1, 0.15) is 41.7 Å². The number of carbonyl (C=O) groups is 2. The van der Waals surface area contributed by atoms with Gasteiger partial charge in [-0.2, -0.15) is 0 Å². The lowest BCUT2D eigenvalue weighted by atomic mass is 10.1. The molecule has 0 saturated carbocycles. The first-order valence-corrected chi connectivity index (χ1v) is 9.18. The SMILES string of the molecule is Cc1c(C(=O)C(=O)NCCCN2CCCCC2)c2ccccc2n1C. The van der Waals surface area contributed by atoms with Crippen molar-refractivity contribution in [3.63, 3.8) is 0 Å². The summed E-state index contributed by atoms with van der Waals surface area (Å²) in [6, 6.07) is 7.71. The van der Waals surface area contributed by atoms with Crippen molar-refractivity contribution < 1.29 is 9.59 Å². The lowest BCUT2D eigenvalue weighted by molar-refractivity contribution is -0.117. The van der Waals surface area contributed by atoms with Gasteiger partial charge >= 0.3 is 0 Å². The quantitative estimate of drug-likeness (QED) is 0.499. The zero-order valence-corrected chi connectivity index (χ0v) is 15.2. The number of aryl methyl sites for hydroxylation is 1. The number of piperidine rings is 1. The first kappa shape index (κ1) is 17.7. The summed E-state index contributed by atoms with van der Waals surface area (Å²) in [6.07, 6.45) is 4.75. The van der Waals surface area contributed by atoms with Gasteiger partial charge in [0.1, 0.15) is 0 Å². The minimum Gasteiger partial charge on any atom is -0.349 e. The van der Waals surface area contributed by atoms with E-state index in [-0.39, 0.29) is 0 Å². The first-order valence-electron chi connectivity index (χ1n) is 9.18. The van der Waals surface area contributed by atoms with Gasteiger partial charge in [-0.15, -0.1) is 0 Å². The van der Waals surface area contributed by atoms with Gasteiger partial charge in [-0.05, 0) is 51.9 Å². The molecule has 2 aromatic rings. The number of para-hydroxylation sites is 1. The molecular formula is C20H27N3O2. The minimum atomic E-state index is -0.502. The molecule has 1 fully saturated rings. The van der Waals surface area contributed by atoms with Gasteiger partial charge in [-0.1, -0.05) is 24.6 Å². The van der Waals surface area contributed by atoms with E-state index in [1.165, 1.54) is 19.3 Å². The smallest absolute Gasteiger partial charge is 0.292 e. The Morgan fingerprint density at radius 2 is 1.84 bits per heavy atom. The molecule has 0 aliphatic carbocycles. The van der Waals surface area contributed by atoms with Gasteiger partial charge in [0.15, 0.2) is 0 Å². The maximum absolute atomic E-state index is 12.7. The molecular weight excluding hydrogens is 314 g/mol. The normalized spacial score (nSPS) is 15.4. The number of ketones is 1. The Bertz CT molecular complexity index is 773. The van der Waals surface area contributed by atoms with Crippen LogP contribution in [0.5, 0.6) is 0 Å². The number of Topliss-reactive ketones (excluding diaryl/α,β-unsaturated/α-hetero) is 1. The number of amides is 1. The summed E-state index contributed by atoms with van der Waals surface area (Å²) >= 11 is 0. The third kappa shape index (κ3) is 3.76. The van der Waals surface area contributed by atoms with E-state index in [1.54, 1.807) is 0 Å². The number of hydrogen-bond donors (Lipinski definition) is 1. The predicted molar refractivity (Wildman–Crippen MR) is 99.9 cm³/mol. The van der Waals surface area contributed by atoms with E-state index >= 15 is 0 Å². The van der Waals surface area contributed by atoms with Crippen molar-refractivity contribution in [3.05, 3.63) is 35.5 Å². The average molecular weight is 341 g/mol. The van der Waals surface area contributed by atoms with Crippen LogP contribution in [0, 0.1) is 6.92 Å². The molecule has 5 heteroatoms. The molecule has 1 N–H and O–H groups in total. The van der Waals surface area contributed by atoms with E-state index in [4.69, 9.17) is 0 Å². The molecule has 2 heterocycles. The van der Waals surface area contributed by atoms with E-state index in [0.29, 0.717) is 12.1 Å². The van der Waals surface area contributed by atoms with Gasteiger partial charge in [0.05, 0.1) is 5.56 Å². The van der Waals surface area contributed by atoms with Crippen molar-refractivity contribution in [3.8, 4) is 0 Å². The van der Waals surface area contributed by atoms with Crippen molar-refractivity contribution in [1.29, 1.82) is 0 Å². The molecule has 3 rings (SSSR count). The number of nitrogens with one attached hydrogen (secondary N) is 1. The maximum Gasteiger partial charge on any atom is 0.292 e. The van der Waals surface area contributed by atoms with Crippen LogP contribution in [-0.4, -0.2) is 47.3 Å². The predicted octanol–water partition coefficient (Wildman–Crippen LogP) is 2.66. The average Bonchev–Trinajstić information content (AvgIpc) is 2.90. The number of likely N-dealkylation sites (tertiary alicyclic amines) is 1. The van der Waals surface area contributed by atoms with Gasteiger partial charge in [0, 0.05) is 30.2 Å². The first-order chi connectivity index (χ1) is 12.1. The molecule has 1 saturated heterocycles. The van der Waals surface area contributed by atoms with Crippen molar-refractivity contribution in [2.75, 3.05) is 26.2 Å². The molecule has 0 unspecified atom stereocenters. The van der Waals surface area contributed by atoms with Crippen molar-refractivity contribution in [2.45, 2.75) is 32.6 Å². The molecule has 1 aromatic heterocycles. The highest BCUT2D eigenvalue weighted by Gasteiger charge is 2.23. The summed E-state index contributed by atoms with van der Waals surface area (Å²) in [6.45, 7) is 5.73. The second-order valence-electron chi connectivity index (χ2n) is 6.88. The van der Waals surface area contributed by atoms with Crippen LogP contribution >= 0.6 is 0 Å². The van der Waals surface area contributed by atoms with Gasteiger partial charge < -0.3 is 14.8 Å². The molecule has 1 aliphatic rings. The molecule has 0 radical (unpaired) electrons. The molecule has 1 aromatic carbocycles. The topological polar surface area (TPSA) is 54.3 Å². The van der Waals surface area contributed by atoms with Crippen LogP contribution in [0.4, 0.5) is 0 Å². The molecule has 1 aliphatic heterocycles. The van der Waals surface area contributed by atoms with Gasteiger partial charge in [0.25, 0.3) is 11.7 Å². The fourth-order valence-corrected chi connectivity index (χ4v) is 3.69. The highest BCUT2D eigenvalue weighted by molar-refractivity contribution is 6.45. The summed E-state index contributed by atoms with van der Waals surface area (Å²) in [4.78, 5) is 27.4. The van der Waals surface area contributed by atoms with Crippen LogP contribution in [0.3, 0.4) is 0 Å². The Morgan fingerprint density at radius 1 is 1.12 bits per heavy atom. The maximum atomic E-state index is 12.7. The Morgan fingerprint density at radius 3 is 2.60 bits per heavy atom. The Hall–Kier alpha value is -2.14. The van der Waals surface area contributed by atoms with E-state index in [0.717, 1.165) is 42.7 Å². The number of hydrogen-bond acceptors (Lipinski definition) is 3. The monoisotopic (exact) mass is 341 g/mol. The Labute approximate surface area is 149 Å². The lowest BCUT2D eigenvalue weighted by Crippen LogP contribution is -2.35. The summed E-state index contributed by atoms with van der Waals surface area (Å²) < 4.78 is 1.96. The number of fused-ring (bicyclic) bond motifs is 1. The number of nitrogens with zero attached hydrogens (tertiary/aromatic N) is 2. The van der Waals surface area contributed by atoms with E-state index in [9.17, 15) is 9.59 Å². The van der Waals surface area contributed by atoms with Gasteiger partial charge in [0.2, 0.25) is 0 Å². The van der Waals surface area contributed by atoms with Crippen molar-refractivity contribution in [2.24, 2.45) is 7.05 Å². The number of carbonyl (C=O) groups excluding carboxylic acids is 2. The minimum absolute atomic E-state index is 0.438. The molecule has 25 heavy (non-hydrogen) atoms. The van der Waals surface area contributed by atoms with E-state index in [1.807, 2.05) is 42.8 Å². The van der Waals surface area contributed by atoms with E-state index in [2.05, 4.69) is 10.2 Å². The number of aromatic nitrogens is 1. The second-order valence-corrected chi connectivity index (χ2v) is 6.88. The van der Waals surface area contributed by atoms with Crippen LogP contribution in [0.2, 0.25) is 0 Å². The number of rotatable bonds is 6. The van der Waals surface area contributed by atoms with Gasteiger partial charge in [-0.3, -0.25) is 9.59 Å². The van der Waals surface area contributed by atoms with Crippen LogP contribution in [0.25, 0.3) is 10.9 Å². The fraction of sp³-hybridized carbons (Fsp3) is 0.500. The van der Waals surface area contributed by atoms with Crippen LogP contribution < -0.4 is 5.32 Å². The Balaban J connectivity index is 1.59. The molecule has 5 nitrogen and oxygen atoms in total. The summed E-state index contributed by atoms with van der Waals surface area (Å²) in [5, 5.41) is 3.64. The van der Waals surface area contributed by atoms with Gasteiger partial charge in [-0.25, -0.2) is 0 Å². The summed E-state index contributed by atoms with van der Waals surface area (Å²) in [5.41, 5.74) is 2.32. The molecule has 134 valence electrons. The van der Waals surface area contributed by atoms with Crippen LogP contribution in [0.15, 0.2) is 24.3 Å². The molecule has 0 spiro atoms. The lowest BCUT2D eigenvalue weighted by Gasteiger charge is -2.26. The largest absolute Gasteiger partial charge is 0.349 e. The number of benzene rings is 1. The highest BCUT2D eigenvalue weighted by Crippen LogP contribution is 2.25. The second kappa shape index (κ2) is 7.83. The standard InChI is InChI=1S/C20H27N3O2/c1-15-18(16-9-4-5-10-17(16)22(15)2)19(24)20(25)21-11-8-14-23-12-6-3-7-13-23/h4-5,9-10H,3,6-8,11-14H2,1-2H3,(H,21,25). The van der Waals surface area contributed by atoms with Crippen molar-refractivity contribution >= 4 is 22.6 Å². The zero-order valence-electron chi connectivity index (χ0n) is 15.2. The molecule has 0 atom stereocenters. The Kier molecular flexibility index (Phi) is 5.53.